The lowest BCUT2D eigenvalue weighted by molar-refractivity contribution is -0.140. The van der Waals surface area contributed by atoms with Crippen LogP contribution in [-0.4, -0.2) is 0 Å². The molecule has 0 saturated carbocycles. The molecule has 0 aliphatic heterocycles. The molecule has 0 spiro atoms. The van der Waals surface area contributed by atoms with E-state index in [1.807, 2.05) is 13.8 Å². The fourth-order valence-corrected chi connectivity index (χ4v) is 0.691. The summed E-state index contributed by atoms with van der Waals surface area (Å²) in [5.74, 6) is -0.403. The van der Waals surface area contributed by atoms with Gasteiger partial charge >= 0.3 is 6.18 Å². The topological polar surface area (TPSA) is 0 Å². The first-order chi connectivity index (χ1) is 7.75. The standard InChI is InChI=1S/C7H4F4.C4H10.C2H6/c8-6-4-2-1-3-5(6)7(9,10)11;1-4(2)3;1-2/h1-4H;4H,1-3H3;1-2H3. The second-order valence-electron chi connectivity index (χ2n) is 3.71. The molecule has 0 aliphatic carbocycles. The molecule has 4 heteroatoms. The summed E-state index contributed by atoms with van der Waals surface area (Å²) in [6.45, 7) is 10.5. The third-order valence-corrected chi connectivity index (χ3v) is 1.18. The third kappa shape index (κ3) is 9.85. The largest absolute Gasteiger partial charge is 0.419 e. The highest BCUT2D eigenvalue weighted by Gasteiger charge is 2.33. The second-order valence-corrected chi connectivity index (χ2v) is 3.71. The molecular formula is C13H20F4. The van der Waals surface area contributed by atoms with Crippen molar-refractivity contribution in [3.63, 3.8) is 0 Å². The van der Waals surface area contributed by atoms with Crippen LogP contribution in [0.25, 0.3) is 0 Å². The van der Waals surface area contributed by atoms with Crippen LogP contribution in [-0.2, 0) is 6.18 Å². The van der Waals surface area contributed by atoms with Crippen molar-refractivity contribution in [2.75, 3.05) is 0 Å². The minimum Gasteiger partial charge on any atom is -0.206 e. The second kappa shape index (κ2) is 9.02. The fraction of sp³-hybridized carbons (Fsp3) is 0.538. The van der Waals surface area contributed by atoms with Crippen LogP contribution in [0, 0.1) is 11.7 Å². The van der Waals surface area contributed by atoms with E-state index in [0.717, 1.165) is 18.1 Å². The minimum absolute atomic E-state index is 0.704. The average molecular weight is 252 g/mol. The molecule has 0 nitrogen and oxygen atoms in total. The van der Waals surface area contributed by atoms with Crippen LogP contribution in [0.15, 0.2) is 24.3 Å². The predicted molar refractivity (Wildman–Crippen MR) is 63.3 cm³/mol. The van der Waals surface area contributed by atoms with Crippen molar-refractivity contribution in [3.8, 4) is 0 Å². The Hall–Kier alpha value is -1.06. The Balaban J connectivity index is 0. The zero-order chi connectivity index (χ0) is 14.1. The van der Waals surface area contributed by atoms with Gasteiger partial charge in [-0.3, -0.25) is 0 Å². The maximum atomic E-state index is 12.4. The molecule has 1 aromatic carbocycles. The Bertz CT molecular complexity index is 287. The van der Waals surface area contributed by atoms with Crippen LogP contribution in [0.4, 0.5) is 17.6 Å². The van der Waals surface area contributed by atoms with E-state index in [4.69, 9.17) is 0 Å². The van der Waals surface area contributed by atoms with Crippen LogP contribution < -0.4 is 0 Å². The molecule has 0 amide bonds. The van der Waals surface area contributed by atoms with Gasteiger partial charge in [-0.15, -0.1) is 0 Å². The fourth-order valence-electron chi connectivity index (χ4n) is 0.691. The molecule has 1 rings (SSSR count). The third-order valence-electron chi connectivity index (χ3n) is 1.18. The van der Waals surface area contributed by atoms with E-state index in [2.05, 4.69) is 20.8 Å². The summed E-state index contributed by atoms with van der Waals surface area (Å²) in [5, 5.41) is 0. The molecule has 0 aliphatic rings. The van der Waals surface area contributed by atoms with Crippen LogP contribution >= 0.6 is 0 Å². The van der Waals surface area contributed by atoms with E-state index in [1.165, 1.54) is 6.07 Å². The van der Waals surface area contributed by atoms with Crippen molar-refractivity contribution in [2.24, 2.45) is 5.92 Å². The molecule has 0 N–H and O–H groups in total. The van der Waals surface area contributed by atoms with Gasteiger partial charge in [0.05, 0.1) is 5.56 Å². The number of halogens is 4. The van der Waals surface area contributed by atoms with Gasteiger partial charge in [0, 0.05) is 0 Å². The normalized spacial score (nSPS) is 10.0. The van der Waals surface area contributed by atoms with Gasteiger partial charge in [0.15, 0.2) is 0 Å². The van der Waals surface area contributed by atoms with Gasteiger partial charge in [0.25, 0.3) is 0 Å². The summed E-state index contributed by atoms with van der Waals surface area (Å²) < 4.78 is 47.8. The van der Waals surface area contributed by atoms with Crippen molar-refractivity contribution in [1.29, 1.82) is 0 Å². The summed E-state index contributed by atoms with van der Waals surface area (Å²) in [4.78, 5) is 0. The minimum atomic E-state index is -4.59. The summed E-state index contributed by atoms with van der Waals surface area (Å²) in [6, 6.07) is 3.84. The van der Waals surface area contributed by atoms with Crippen LogP contribution in [0.1, 0.15) is 40.2 Å². The summed E-state index contributed by atoms with van der Waals surface area (Å²) in [5.41, 5.74) is -1.22. The van der Waals surface area contributed by atoms with Crippen molar-refractivity contribution in [3.05, 3.63) is 35.6 Å². The highest BCUT2D eigenvalue weighted by Crippen LogP contribution is 2.30. The first-order valence-corrected chi connectivity index (χ1v) is 5.57. The summed E-state index contributed by atoms with van der Waals surface area (Å²) in [7, 11) is 0. The molecule has 0 bridgehead atoms. The zero-order valence-corrected chi connectivity index (χ0v) is 10.9. The lowest BCUT2D eigenvalue weighted by atomic mass is 10.2. The van der Waals surface area contributed by atoms with Crippen molar-refractivity contribution >= 4 is 0 Å². The number of alkyl halides is 3. The molecule has 0 aromatic heterocycles. The van der Waals surface area contributed by atoms with Crippen molar-refractivity contribution in [2.45, 2.75) is 40.8 Å². The zero-order valence-electron chi connectivity index (χ0n) is 10.9. The van der Waals surface area contributed by atoms with Crippen LogP contribution in [0.5, 0.6) is 0 Å². The molecule has 0 atom stereocenters. The summed E-state index contributed by atoms with van der Waals surface area (Å²) >= 11 is 0. The van der Waals surface area contributed by atoms with Gasteiger partial charge in [-0.25, -0.2) is 4.39 Å². The quantitative estimate of drug-likeness (QED) is 0.532. The number of hydrogen-bond donors (Lipinski definition) is 0. The Morgan fingerprint density at radius 1 is 0.941 bits per heavy atom. The maximum Gasteiger partial charge on any atom is 0.419 e. The first-order valence-electron chi connectivity index (χ1n) is 5.57. The van der Waals surface area contributed by atoms with Crippen LogP contribution in [0.3, 0.4) is 0 Å². The molecule has 0 saturated heterocycles. The molecule has 1 aromatic rings. The molecule has 0 heterocycles. The lowest BCUT2D eigenvalue weighted by Crippen LogP contribution is -2.07. The monoisotopic (exact) mass is 252 g/mol. The van der Waals surface area contributed by atoms with E-state index in [0.29, 0.717) is 6.07 Å². The summed E-state index contributed by atoms with van der Waals surface area (Å²) in [6.07, 6.45) is -4.59. The Labute approximate surface area is 101 Å². The predicted octanol–water partition coefficient (Wildman–Crippen LogP) is 5.53. The van der Waals surface area contributed by atoms with Gasteiger partial charge in [0.1, 0.15) is 5.82 Å². The van der Waals surface area contributed by atoms with E-state index >= 15 is 0 Å². The van der Waals surface area contributed by atoms with Gasteiger partial charge in [-0.2, -0.15) is 13.2 Å². The number of rotatable bonds is 0. The Morgan fingerprint density at radius 2 is 1.29 bits per heavy atom. The van der Waals surface area contributed by atoms with Gasteiger partial charge in [-0.05, 0) is 18.1 Å². The molecule has 17 heavy (non-hydrogen) atoms. The number of hydrogen-bond acceptors (Lipinski definition) is 0. The highest BCUT2D eigenvalue weighted by molar-refractivity contribution is 5.19. The molecule has 0 unspecified atom stereocenters. The van der Waals surface area contributed by atoms with Crippen LogP contribution in [0.2, 0.25) is 0 Å². The Kier molecular flexibility index (Phi) is 9.72. The Morgan fingerprint density at radius 3 is 1.53 bits per heavy atom. The van der Waals surface area contributed by atoms with E-state index < -0.39 is 17.6 Å². The highest BCUT2D eigenvalue weighted by atomic mass is 19.4. The number of benzene rings is 1. The molecule has 0 fully saturated rings. The van der Waals surface area contributed by atoms with Crippen molar-refractivity contribution in [1.82, 2.24) is 0 Å². The smallest absolute Gasteiger partial charge is 0.206 e. The molecular weight excluding hydrogens is 232 g/mol. The van der Waals surface area contributed by atoms with Gasteiger partial charge in [0.2, 0.25) is 0 Å². The van der Waals surface area contributed by atoms with E-state index in [9.17, 15) is 17.6 Å². The lowest BCUT2D eigenvalue weighted by Gasteiger charge is -2.05. The van der Waals surface area contributed by atoms with Crippen molar-refractivity contribution < 1.29 is 17.6 Å². The van der Waals surface area contributed by atoms with Gasteiger partial charge < -0.3 is 0 Å². The van der Waals surface area contributed by atoms with Gasteiger partial charge in [-0.1, -0.05) is 46.8 Å². The molecule has 100 valence electrons. The van der Waals surface area contributed by atoms with E-state index in [1.54, 1.807) is 0 Å². The molecule has 0 radical (unpaired) electrons. The SMILES string of the molecule is CC.CC(C)C.Fc1ccccc1C(F)(F)F. The van der Waals surface area contributed by atoms with E-state index in [-0.39, 0.29) is 0 Å². The average Bonchev–Trinajstić information content (AvgIpc) is 2.19. The maximum absolute atomic E-state index is 12.4. The first kappa shape index (κ1) is 18.3.